The summed E-state index contributed by atoms with van der Waals surface area (Å²) in [5.41, 5.74) is 6.50. The van der Waals surface area contributed by atoms with E-state index in [0.717, 1.165) is 0 Å². The van der Waals surface area contributed by atoms with E-state index >= 15 is 0 Å². The summed E-state index contributed by atoms with van der Waals surface area (Å²) in [7, 11) is 0. The fourth-order valence-corrected chi connectivity index (χ4v) is 2.24. The first-order chi connectivity index (χ1) is 10.0. The van der Waals surface area contributed by atoms with Crippen LogP contribution in [0.25, 0.3) is 22.8 Å². The molecular formula is C14H8BrF2N3O. The summed E-state index contributed by atoms with van der Waals surface area (Å²) in [6, 6.07) is 8.13. The van der Waals surface area contributed by atoms with Gasteiger partial charge >= 0.3 is 0 Å². The van der Waals surface area contributed by atoms with Crippen molar-refractivity contribution in [3.63, 3.8) is 0 Å². The van der Waals surface area contributed by atoms with Gasteiger partial charge in [-0.25, -0.2) is 8.78 Å². The predicted octanol–water partition coefficient (Wildman–Crippen LogP) is 4.03. The fourth-order valence-electron chi connectivity index (χ4n) is 1.82. The normalized spacial score (nSPS) is 10.8. The van der Waals surface area contributed by atoms with Gasteiger partial charge in [0.25, 0.3) is 5.89 Å². The molecule has 0 aliphatic heterocycles. The lowest BCUT2D eigenvalue weighted by Crippen LogP contribution is -1.90. The number of anilines is 1. The molecule has 0 aliphatic carbocycles. The summed E-state index contributed by atoms with van der Waals surface area (Å²) in [5.74, 6) is -0.837. The van der Waals surface area contributed by atoms with Gasteiger partial charge in [-0.05, 0) is 36.4 Å². The molecule has 0 spiro atoms. The van der Waals surface area contributed by atoms with Crippen LogP contribution in [-0.2, 0) is 0 Å². The highest BCUT2D eigenvalue weighted by atomic mass is 79.9. The number of aromatic nitrogens is 2. The Kier molecular flexibility index (Phi) is 3.42. The van der Waals surface area contributed by atoms with E-state index in [1.54, 1.807) is 0 Å². The molecule has 0 atom stereocenters. The molecule has 1 heterocycles. The molecule has 0 bridgehead atoms. The van der Waals surface area contributed by atoms with Crippen LogP contribution in [0.5, 0.6) is 0 Å². The largest absolute Gasteiger partial charge is 0.399 e. The Morgan fingerprint density at radius 1 is 1.05 bits per heavy atom. The van der Waals surface area contributed by atoms with Crippen LogP contribution in [0.1, 0.15) is 0 Å². The molecule has 1 aromatic heterocycles. The highest BCUT2D eigenvalue weighted by molar-refractivity contribution is 9.10. The van der Waals surface area contributed by atoms with E-state index in [0.29, 0.717) is 15.7 Å². The van der Waals surface area contributed by atoms with Crippen LogP contribution >= 0.6 is 15.9 Å². The van der Waals surface area contributed by atoms with E-state index in [2.05, 4.69) is 26.1 Å². The number of nitrogen functional groups attached to an aromatic ring is 1. The summed E-state index contributed by atoms with van der Waals surface area (Å²) < 4.78 is 32.7. The molecule has 0 unspecified atom stereocenters. The van der Waals surface area contributed by atoms with E-state index in [1.165, 1.54) is 36.4 Å². The maximum atomic E-state index is 13.8. The molecule has 2 aromatic carbocycles. The van der Waals surface area contributed by atoms with Gasteiger partial charge in [-0.2, -0.15) is 4.98 Å². The molecule has 0 amide bonds. The Hall–Kier alpha value is -2.28. The first-order valence-electron chi connectivity index (χ1n) is 5.89. The minimum Gasteiger partial charge on any atom is -0.399 e. The van der Waals surface area contributed by atoms with E-state index in [4.69, 9.17) is 10.3 Å². The Bertz CT molecular complexity index is 754. The third kappa shape index (κ3) is 2.64. The van der Waals surface area contributed by atoms with Crippen molar-refractivity contribution < 1.29 is 13.3 Å². The van der Waals surface area contributed by atoms with Crippen molar-refractivity contribution in [2.75, 3.05) is 5.73 Å². The summed E-state index contributed by atoms with van der Waals surface area (Å²) in [6.45, 7) is 0. The zero-order valence-corrected chi connectivity index (χ0v) is 12.1. The van der Waals surface area contributed by atoms with Gasteiger partial charge in [0.05, 0.1) is 5.56 Å². The van der Waals surface area contributed by atoms with Gasteiger partial charge in [0.2, 0.25) is 5.82 Å². The van der Waals surface area contributed by atoms with Crippen LogP contribution in [0.2, 0.25) is 0 Å². The summed E-state index contributed by atoms with van der Waals surface area (Å²) >= 11 is 3.28. The van der Waals surface area contributed by atoms with Gasteiger partial charge in [-0.1, -0.05) is 21.1 Å². The van der Waals surface area contributed by atoms with Crippen LogP contribution in [0.4, 0.5) is 14.5 Å². The molecule has 3 aromatic rings. The zero-order valence-electron chi connectivity index (χ0n) is 10.5. The Balaban J connectivity index is 2.08. The molecule has 0 radical (unpaired) electrons. The lowest BCUT2D eigenvalue weighted by molar-refractivity contribution is 0.429. The number of benzene rings is 2. The molecule has 7 heteroatoms. The van der Waals surface area contributed by atoms with Crippen molar-refractivity contribution in [2.24, 2.45) is 0 Å². The predicted molar refractivity (Wildman–Crippen MR) is 77.2 cm³/mol. The van der Waals surface area contributed by atoms with Gasteiger partial charge in [-0.15, -0.1) is 0 Å². The molecule has 21 heavy (non-hydrogen) atoms. The Labute approximate surface area is 126 Å². The van der Waals surface area contributed by atoms with Gasteiger partial charge < -0.3 is 10.3 Å². The smallest absolute Gasteiger partial charge is 0.261 e. The van der Waals surface area contributed by atoms with Crippen molar-refractivity contribution in [1.82, 2.24) is 10.1 Å². The highest BCUT2D eigenvalue weighted by Crippen LogP contribution is 2.30. The maximum absolute atomic E-state index is 13.8. The molecule has 2 N–H and O–H groups in total. The average molecular weight is 352 g/mol. The number of rotatable bonds is 2. The van der Waals surface area contributed by atoms with Crippen molar-refractivity contribution in [3.8, 4) is 22.8 Å². The lowest BCUT2D eigenvalue weighted by atomic mass is 10.2. The summed E-state index contributed by atoms with van der Waals surface area (Å²) in [5, 5.41) is 3.75. The molecule has 106 valence electrons. The van der Waals surface area contributed by atoms with Crippen LogP contribution in [0.15, 0.2) is 45.4 Å². The van der Waals surface area contributed by atoms with Crippen LogP contribution in [0.3, 0.4) is 0 Å². The number of halogens is 3. The molecule has 3 rings (SSSR count). The van der Waals surface area contributed by atoms with E-state index in [1.807, 2.05) is 0 Å². The SMILES string of the molecule is Nc1ccc(F)c(-c2nc(-c3cc(F)ccc3Br)no2)c1. The first kappa shape index (κ1) is 13.7. The minimum absolute atomic E-state index is 0.0223. The average Bonchev–Trinajstić information content (AvgIpc) is 2.93. The summed E-state index contributed by atoms with van der Waals surface area (Å²) in [4.78, 5) is 4.08. The molecule has 0 aliphatic rings. The third-order valence-electron chi connectivity index (χ3n) is 2.82. The van der Waals surface area contributed by atoms with Gasteiger partial charge in [-0.3, -0.25) is 0 Å². The minimum atomic E-state index is -0.530. The maximum Gasteiger partial charge on any atom is 0.261 e. The number of nitrogens with zero attached hydrogens (tertiary/aromatic N) is 2. The molecule has 0 fully saturated rings. The molecular weight excluding hydrogens is 344 g/mol. The topological polar surface area (TPSA) is 64.9 Å². The number of nitrogens with two attached hydrogens (primary N) is 1. The highest BCUT2D eigenvalue weighted by Gasteiger charge is 2.16. The summed E-state index contributed by atoms with van der Waals surface area (Å²) in [6.07, 6.45) is 0. The van der Waals surface area contributed by atoms with E-state index in [-0.39, 0.29) is 17.3 Å². The van der Waals surface area contributed by atoms with Crippen LogP contribution < -0.4 is 5.73 Å². The second kappa shape index (κ2) is 5.25. The van der Waals surface area contributed by atoms with Crippen LogP contribution in [-0.4, -0.2) is 10.1 Å². The van der Waals surface area contributed by atoms with Gasteiger partial charge in [0, 0.05) is 15.7 Å². The fraction of sp³-hybridized carbons (Fsp3) is 0. The Morgan fingerprint density at radius 3 is 2.67 bits per heavy atom. The van der Waals surface area contributed by atoms with Crippen LogP contribution in [0, 0.1) is 11.6 Å². The first-order valence-corrected chi connectivity index (χ1v) is 6.68. The third-order valence-corrected chi connectivity index (χ3v) is 3.51. The van der Waals surface area contributed by atoms with Crippen molar-refractivity contribution in [3.05, 3.63) is 52.5 Å². The number of hydrogen-bond donors (Lipinski definition) is 1. The van der Waals surface area contributed by atoms with Gasteiger partial charge in [0.15, 0.2) is 0 Å². The Morgan fingerprint density at radius 2 is 1.86 bits per heavy atom. The second-order valence-electron chi connectivity index (χ2n) is 4.29. The van der Waals surface area contributed by atoms with Crippen molar-refractivity contribution >= 4 is 21.6 Å². The molecule has 0 saturated heterocycles. The molecule has 4 nitrogen and oxygen atoms in total. The van der Waals surface area contributed by atoms with Crippen molar-refractivity contribution in [2.45, 2.75) is 0 Å². The van der Waals surface area contributed by atoms with Gasteiger partial charge in [0.1, 0.15) is 11.6 Å². The number of hydrogen-bond acceptors (Lipinski definition) is 4. The lowest BCUT2D eigenvalue weighted by Gasteiger charge is -1.99. The van der Waals surface area contributed by atoms with E-state index in [9.17, 15) is 8.78 Å². The second-order valence-corrected chi connectivity index (χ2v) is 5.14. The zero-order chi connectivity index (χ0) is 15.0. The quantitative estimate of drug-likeness (QED) is 0.708. The molecule has 0 saturated carbocycles. The monoisotopic (exact) mass is 351 g/mol. The van der Waals surface area contributed by atoms with Crippen molar-refractivity contribution in [1.29, 1.82) is 0 Å². The van der Waals surface area contributed by atoms with E-state index < -0.39 is 11.6 Å². The standard InChI is InChI=1S/C14H8BrF2N3O/c15-11-3-1-7(16)5-9(11)13-19-14(21-20-13)10-6-8(18)2-4-12(10)17/h1-6H,18H2.